The Kier molecular flexibility index (Phi) is 7.70. The Balaban J connectivity index is 1.50. The average Bonchev–Trinajstić information content (AvgIpc) is 3.18. The lowest BCUT2D eigenvalue weighted by molar-refractivity contribution is -0.126. The van der Waals surface area contributed by atoms with Crippen molar-refractivity contribution in [2.75, 3.05) is 14.1 Å². The molecule has 1 aliphatic heterocycles. The van der Waals surface area contributed by atoms with E-state index in [9.17, 15) is 33.1 Å². The lowest BCUT2D eigenvalue weighted by Crippen LogP contribution is -2.61. The fraction of sp³-hybridized carbons (Fsp3) is 0.360. The van der Waals surface area contributed by atoms with Crippen molar-refractivity contribution in [3.05, 3.63) is 63.1 Å². The van der Waals surface area contributed by atoms with Gasteiger partial charge in [0.1, 0.15) is 16.7 Å². The molecule has 4 rings (SSSR count). The van der Waals surface area contributed by atoms with Crippen LogP contribution in [0, 0.1) is 34.3 Å². The molecular weight excluding hydrogens is 534 g/mol. The summed E-state index contributed by atoms with van der Waals surface area (Å²) in [5.41, 5.74) is -2.77. The number of aromatic amines is 1. The highest BCUT2D eigenvalue weighted by Gasteiger charge is 2.52. The summed E-state index contributed by atoms with van der Waals surface area (Å²) in [7, 11) is 3.06. The Morgan fingerprint density at radius 1 is 1.23 bits per heavy atom. The van der Waals surface area contributed by atoms with Crippen molar-refractivity contribution < 1.29 is 28.3 Å². The molecule has 0 radical (unpaired) electrons. The molecule has 3 atom stereocenters. The van der Waals surface area contributed by atoms with Crippen LogP contribution in [0.3, 0.4) is 0 Å². The zero-order valence-corrected chi connectivity index (χ0v) is 21.8. The van der Waals surface area contributed by atoms with Crippen LogP contribution in [0.2, 0.25) is 0 Å². The van der Waals surface area contributed by atoms with E-state index in [-0.39, 0.29) is 34.9 Å². The summed E-state index contributed by atoms with van der Waals surface area (Å²) >= 11 is 0.543. The monoisotopic (exact) mass is 560 g/mol. The Bertz CT molecular complexity index is 1460. The number of imide groups is 1. The molecule has 11 nitrogen and oxygen atoms in total. The van der Waals surface area contributed by atoms with Gasteiger partial charge in [0.25, 0.3) is 5.91 Å². The number of rotatable bonds is 6. The van der Waals surface area contributed by atoms with Crippen molar-refractivity contribution >= 4 is 39.6 Å². The molecule has 1 aliphatic carbocycles. The minimum absolute atomic E-state index is 0.0365. The zero-order valence-electron chi connectivity index (χ0n) is 21.0. The number of hydrogen-bond acceptors (Lipinski definition) is 9. The van der Waals surface area contributed by atoms with Gasteiger partial charge in [-0.25, -0.2) is 8.78 Å². The highest BCUT2D eigenvalue weighted by atomic mass is 32.2. The van der Waals surface area contributed by atoms with E-state index in [1.165, 1.54) is 18.0 Å². The molecule has 2 aromatic rings. The lowest BCUT2D eigenvalue weighted by Gasteiger charge is -2.46. The number of pyridine rings is 1. The molecule has 2 aliphatic rings. The molecule has 1 aromatic carbocycles. The molecule has 206 valence electrons. The summed E-state index contributed by atoms with van der Waals surface area (Å²) in [5.74, 6) is -5.14. The number of halogens is 2. The van der Waals surface area contributed by atoms with Crippen LogP contribution >= 0.6 is 11.8 Å². The Hall–Kier alpha value is -3.91. The van der Waals surface area contributed by atoms with Gasteiger partial charge in [0.2, 0.25) is 17.2 Å². The third-order valence-corrected chi connectivity index (χ3v) is 8.17. The molecule has 0 spiro atoms. The van der Waals surface area contributed by atoms with Gasteiger partial charge in [-0.05, 0) is 37.9 Å². The first kappa shape index (κ1) is 28.1. The predicted molar refractivity (Wildman–Crippen MR) is 139 cm³/mol. The third kappa shape index (κ3) is 5.21. The topological polar surface area (TPSA) is 179 Å². The number of benzene rings is 1. The number of carbonyl (C=O) groups excluding carboxylic acids is 3. The molecule has 1 saturated carbocycles. The number of amides is 3. The minimum atomic E-state index is -1.03. The second-order valence-corrected chi connectivity index (χ2v) is 10.6. The van der Waals surface area contributed by atoms with Crippen molar-refractivity contribution in [3.8, 4) is 5.75 Å². The Morgan fingerprint density at radius 3 is 2.59 bits per heavy atom. The van der Waals surface area contributed by atoms with E-state index in [2.05, 4.69) is 15.6 Å². The summed E-state index contributed by atoms with van der Waals surface area (Å²) in [6.07, 6.45) is 1.66. The number of fused-ring (bicyclic) bond motifs is 1. The number of H-pyrrole nitrogens is 1. The second kappa shape index (κ2) is 10.7. The maximum absolute atomic E-state index is 13.9. The van der Waals surface area contributed by atoms with E-state index >= 15 is 0 Å². The van der Waals surface area contributed by atoms with Gasteiger partial charge >= 0.3 is 0 Å². The summed E-state index contributed by atoms with van der Waals surface area (Å²) in [6, 6.07) is 2.91. The van der Waals surface area contributed by atoms with Crippen LogP contribution in [0.5, 0.6) is 5.75 Å². The van der Waals surface area contributed by atoms with Gasteiger partial charge in [0, 0.05) is 25.7 Å². The van der Waals surface area contributed by atoms with Gasteiger partial charge in [-0.2, -0.15) is 0 Å². The standard InChI is InChI=1S/C25H26F2N6O5S/c1-30-25(6-5-13-14(9-25)23(37)32-22(13)36)33(2)24(38)18-20(35)19(34)15(10-31-18)21(29)39-17(28)7-11-3-4-12(26)8-16(11)27/h3-4,8,10,13-14,28-30,35H,5-7,9H2,1-2H3,(H,31,34)(H,32,36,37). The minimum Gasteiger partial charge on any atom is -0.503 e. The molecule has 3 unspecified atom stereocenters. The van der Waals surface area contributed by atoms with Gasteiger partial charge in [-0.3, -0.25) is 40.6 Å². The number of carbonyl (C=O) groups is 3. The summed E-state index contributed by atoms with van der Waals surface area (Å²) in [6.45, 7) is 0. The van der Waals surface area contributed by atoms with E-state index < -0.39 is 62.9 Å². The maximum Gasteiger partial charge on any atom is 0.275 e. The SMILES string of the molecule is CNC1(N(C)C(=O)c2[nH]cc(C(=N)SC(=N)Cc3ccc(F)cc3F)c(=O)c2O)CCC2C(=O)NC(=O)C2C1. The highest BCUT2D eigenvalue weighted by Crippen LogP contribution is 2.41. The maximum atomic E-state index is 13.9. The van der Waals surface area contributed by atoms with Crippen molar-refractivity contribution in [3.63, 3.8) is 0 Å². The molecule has 14 heteroatoms. The van der Waals surface area contributed by atoms with E-state index in [4.69, 9.17) is 10.8 Å². The summed E-state index contributed by atoms with van der Waals surface area (Å²) in [5, 5.41) is 31.6. The molecule has 2 heterocycles. The molecule has 1 saturated heterocycles. The van der Waals surface area contributed by atoms with Crippen LogP contribution in [0.25, 0.3) is 0 Å². The summed E-state index contributed by atoms with van der Waals surface area (Å²) in [4.78, 5) is 54.4. The molecule has 39 heavy (non-hydrogen) atoms. The van der Waals surface area contributed by atoms with Gasteiger partial charge in [0.05, 0.1) is 28.1 Å². The summed E-state index contributed by atoms with van der Waals surface area (Å²) < 4.78 is 27.0. The lowest BCUT2D eigenvalue weighted by atomic mass is 9.74. The smallest absolute Gasteiger partial charge is 0.275 e. The van der Waals surface area contributed by atoms with Crippen LogP contribution in [-0.4, -0.2) is 62.6 Å². The molecule has 1 aromatic heterocycles. The van der Waals surface area contributed by atoms with E-state index in [0.29, 0.717) is 30.7 Å². The van der Waals surface area contributed by atoms with Crippen LogP contribution < -0.4 is 16.1 Å². The van der Waals surface area contributed by atoms with Gasteiger partial charge < -0.3 is 15.0 Å². The molecule has 6 N–H and O–H groups in total. The van der Waals surface area contributed by atoms with Crippen molar-refractivity contribution in [2.24, 2.45) is 11.8 Å². The van der Waals surface area contributed by atoms with E-state index in [1.54, 1.807) is 7.05 Å². The van der Waals surface area contributed by atoms with E-state index in [1.807, 2.05) is 0 Å². The molecule has 3 amide bonds. The Labute approximate surface area is 225 Å². The van der Waals surface area contributed by atoms with Gasteiger partial charge in [0.15, 0.2) is 11.4 Å². The fourth-order valence-corrected chi connectivity index (χ4v) is 5.80. The van der Waals surface area contributed by atoms with Crippen LogP contribution in [-0.2, 0) is 16.0 Å². The molecule has 2 fully saturated rings. The quantitative estimate of drug-likeness (QED) is 0.135. The largest absolute Gasteiger partial charge is 0.503 e. The van der Waals surface area contributed by atoms with E-state index in [0.717, 1.165) is 12.3 Å². The van der Waals surface area contributed by atoms with Gasteiger partial charge in [-0.1, -0.05) is 17.8 Å². The van der Waals surface area contributed by atoms with Crippen molar-refractivity contribution in [1.29, 1.82) is 10.8 Å². The third-order valence-electron chi connectivity index (χ3n) is 7.35. The zero-order chi connectivity index (χ0) is 28.6. The average molecular weight is 561 g/mol. The van der Waals surface area contributed by atoms with Crippen molar-refractivity contribution in [2.45, 2.75) is 31.3 Å². The number of aromatic nitrogens is 1. The number of hydrogen-bond donors (Lipinski definition) is 6. The second-order valence-electron chi connectivity index (χ2n) is 9.48. The number of aromatic hydroxyl groups is 1. The highest BCUT2D eigenvalue weighted by molar-refractivity contribution is 8.26. The number of nitrogens with zero attached hydrogens (tertiary/aromatic N) is 1. The first-order chi connectivity index (χ1) is 18.4. The fourth-order valence-electron chi connectivity index (χ4n) is 5.06. The normalized spacial score (nSPS) is 22.3. The molecular formula is C25H26F2N6O5S. The first-order valence-corrected chi connectivity index (χ1v) is 12.7. The number of nitrogens with one attached hydrogen (secondary N) is 5. The van der Waals surface area contributed by atoms with Gasteiger partial charge in [-0.15, -0.1) is 0 Å². The number of thioether (sulfide) groups is 1. The van der Waals surface area contributed by atoms with Crippen LogP contribution in [0.1, 0.15) is 40.9 Å². The predicted octanol–water partition coefficient (Wildman–Crippen LogP) is 1.70. The van der Waals surface area contributed by atoms with Crippen LogP contribution in [0.15, 0.2) is 29.2 Å². The Morgan fingerprint density at radius 2 is 1.92 bits per heavy atom. The van der Waals surface area contributed by atoms with Crippen LogP contribution in [0.4, 0.5) is 8.78 Å². The van der Waals surface area contributed by atoms with Crippen molar-refractivity contribution in [1.82, 2.24) is 20.5 Å². The first-order valence-electron chi connectivity index (χ1n) is 11.9. The molecule has 0 bridgehead atoms.